The van der Waals surface area contributed by atoms with Crippen molar-refractivity contribution in [3.05, 3.63) is 23.8 Å². The molecule has 20 heavy (non-hydrogen) atoms. The topological polar surface area (TPSA) is 79.3 Å². The summed E-state index contributed by atoms with van der Waals surface area (Å²) in [6, 6.07) is 4.39. The Kier molecular flexibility index (Phi) is 5.33. The number of ether oxygens (including phenoxy) is 2. The highest BCUT2D eigenvalue weighted by atomic mass is 16.6. The van der Waals surface area contributed by atoms with Gasteiger partial charge in [-0.3, -0.25) is 0 Å². The molecular formula is C13H18N2O5. The van der Waals surface area contributed by atoms with Gasteiger partial charge in [0.1, 0.15) is 11.5 Å². The number of amides is 2. The molecule has 1 rings (SSSR count). The lowest BCUT2D eigenvalue weighted by Crippen LogP contribution is -2.26. The van der Waals surface area contributed by atoms with Crippen molar-refractivity contribution < 1.29 is 24.2 Å². The van der Waals surface area contributed by atoms with Gasteiger partial charge in [-0.15, -0.1) is 0 Å². The highest BCUT2D eigenvalue weighted by molar-refractivity contribution is 5.72. The molecule has 2 amide bonds. The van der Waals surface area contributed by atoms with Crippen LogP contribution in [0.15, 0.2) is 18.2 Å². The summed E-state index contributed by atoms with van der Waals surface area (Å²) in [4.78, 5) is 25.5. The van der Waals surface area contributed by atoms with Crippen molar-refractivity contribution in [3.63, 3.8) is 0 Å². The van der Waals surface area contributed by atoms with Crippen LogP contribution in [0.5, 0.6) is 11.5 Å². The zero-order chi connectivity index (χ0) is 15.3. The van der Waals surface area contributed by atoms with Crippen LogP contribution in [0.3, 0.4) is 0 Å². The Labute approximate surface area is 117 Å². The summed E-state index contributed by atoms with van der Waals surface area (Å²) in [6.45, 7) is -0.264. The van der Waals surface area contributed by atoms with Crippen LogP contribution in [0.25, 0.3) is 0 Å². The summed E-state index contributed by atoms with van der Waals surface area (Å²) in [7, 11) is 6.19. The van der Waals surface area contributed by atoms with Crippen molar-refractivity contribution in [2.75, 3.05) is 28.2 Å². The Hall–Kier alpha value is -2.28. The maximum atomic E-state index is 11.5. The fraction of sp³-hybridized carbons (Fsp3) is 0.385. The molecule has 110 valence electrons. The van der Waals surface area contributed by atoms with Crippen LogP contribution in [0.4, 0.5) is 9.59 Å². The molecule has 0 saturated carbocycles. The molecule has 1 aromatic carbocycles. The first-order valence-electron chi connectivity index (χ1n) is 5.86. The Morgan fingerprint density at radius 2 is 1.35 bits per heavy atom. The number of carbonyl (C=O) groups excluding carboxylic acids is 2. The van der Waals surface area contributed by atoms with Gasteiger partial charge < -0.3 is 24.4 Å². The van der Waals surface area contributed by atoms with Gasteiger partial charge in [0.15, 0.2) is 0 Å². The van der Waals surface area contributed by atoms with E-state index in [9.17, 15) is 14.7 Å². The molecule has 0 spiro atoms. The number of aliphatic hydroxyl groups excluding tert-OH is 1. The van der Waals surface area contributed by atoms with Gasteiger partial charge in [0.2, 0.25) is 0 Å². The van der Waals surface area contributed by atoms with E-state index in [4.69, 9.17) is 9.47 Å². The summed E-state index contributed by atoms with van der Waals surface area (Å²) >= 11 is 0. The van der Waals surface area contributed by atoms with Crippen LogP contribution in [-0.4, -0.2) is 55.3 Å². The molecule has 1 aromatic rings. The van der Waals surface area contributed by atoms with Crippen LogP contribution in [0, 0.1) is 0 Å². The third-order valence-electron chi connectivity index (χ3n) is 2.26. The Morgan fingerprint density at radius 3 is 1.65 bits per heavy atom. The third kappa shape index (κ3) is 4.43. The van der Waals surface area contributed by atoms with E-state index in [1.807, 2.05) is 0 Å². The van der Waals surface area contributed by atoms with Crippen LogP contribution < -0.4 is 9.47 Å². The van der Waals surface area contributed by atoms with Crippen molar-refractivity contribution in [1.82, 2.24) is 9.80 Å². The molecule has 7 heteroatoms. The molecule has 1 N–H and O–H groups in total. The van der Waals surface area contributed by atoms with Gasteiger partial charge in [-0.25, -0.2) is 9.59 Å². The van der Waals surface area contributed by atoms with Crippen molar-refractivity contribution in [2.24, 2.45) is 0 Å². The molecule has 0 fully saturated rings. The van der Waals surface area contributed by atoms with E-state index >= 15 is 0 Å². The molecule has 0 bridgehead atoms. The Bertz CT molecular complexity index is 459. The first kappa shape index (κ1) is 15.8. The van der Waals surface area contributed by atoms with E-state index in [0.717, 1.165) is 0 Å². The smallest absolute Gasteiger partial charge is 0.410 e. The van der Waals surface area contributed by atoms with Crippen LogP contribution in [-0.2, 0) is 6.61 Å². The van der Waals surface area contributed by atoms with Gasteiger partial charge in [-0.2, -0.15) is 0 Å². The number of hydrogen-bond donors (Lipinski definition) is 1. The number of aliphatic hydroxyl groups is 1. The molecule has 0 heterocycles. The molecule has 0 aliphatic carbocycles. The van der Waals surface area contributed by atoms with E-state index in [1.165, 1.54) is 28.0 Å². The quantitative estimate of drug-likeness (QED) is 0.904. The zero-order valence-corrected chi connectivity index (χ0v) is 11.9. The predicted octanol–water partition coefficient (Wildman–Crippen LogP) is 1.30. The summed E-state index contributed by atoms with van der Waals surface area (Å²) in [5.74, 6) is 0.383. The predicted molar refractivity (Wildman–Crippen MR) is 71.8 cm³/mol. The molecule has 0 atom stereocenters. The standard InChI is InChI=1S/C13H18N2O5/c1-14(2)12(17)19-10-5-9(8-16)6-11(7-10)20-13(18)15(3)4/h5-7,16H,8H2,1-4H3. The minimum atomic E-state index is -0.565. The molecule has 0 aromatic heterocycles. The first-order valence-corrected chi connectivity index (χ1v) is 5.86. The highest BCUT2D eigenvalue weighted by Crippen LogP contribution is 2.24. The largest absolute Gasteiger partial charge is 0.414 e. The summed E-state index contributed by atoms with van der Waals surface area (Å²) < 4.78 is 10.1. The number of hydrogen-bond acceptors (Lipinski definition) is 5. The number of benzene rings is 1. The normalized spacial score (nSPS) is 9.85. The van der Waals surface area contributed by atoms with Crippen LogP contribution in [0.1, 0.15) is 5.56 Å². The third-order valence-corrected chi connectivity index (χ3v) is 2.26. The summed E-state index contributed by atoms with van der Waals surface area (Å²) in [5, 5.41) is 9.17. The lowest BCUT2D eigenvalue weighted by atomic mass is 10.2. The Morgan fingerprint density at radius 1 is 0.950 bits per heavy atom. The van der Waals surface area contributed by atoms with Crippen LogP contribution >= 0.6 is 0 Å². The van der Waals surface area contributed by atoms with E-state index in [0.29, 0.717) is 5.56 Å². The lowest BCUT2D eigenvalue weighted by molar-refractivity contribution is 0.169. The molecule has 0 aliphatic rings. The van der Waals surface area contributed by atoms with Gasteiger partial charge >= 0.3 is 12.2 Å². The maximum absolute atomic E-state index is 11.5. The minimum absolute atomic E-state index is 0.191. The van der Waals surface area contributed by atoms with Gasteiger partial charge in [0.25, 0.3) is 0 Å². The molecule has 0 unspecified atom stereocenters. The fourth-order valence-corrected chi connectivity index (χ4v) is 1.22. The molecule has 0 radical (unpaired) electrons. The maximum Gasteiger partial charge on any atom is 0.414 e. The van der Waals surface area contributed by atoms with Gasteiger partial charge in [-0.05, 0) is 17.7 Å². The number of nitrogens with zero attached hydrogens (tertiary/aromatic N) is 2. The van der Waals surface area contributed by atoms with E-state index in [1.54, 1.807) is 28.2 Å². The second-order valence-corrected chi connectivity index (χ2v) is 4.50. The Balaban J connectivity index is 2.96. The lowest BCUT2D eigenvalue weighted by Gasteiger charge is -2.14. The van der Waals surface area contributed by atoms with Gasteiger partial charge in [0.05, 0.1) is 6.61 Å². The average molecular weight is 282 g/mol. The van der Waals surface area contributed by atoms with Crippen molar-refractivity contribution in [3.8, 4) is 11.5 Å². The van der Waals surface area contributed by atoms with E-state index in [2.05, 4.69) is 0 Å². The van der Waals surface area contributed by atoms with Crippen molar-refractivity contribution in [1.29, 1.82) is 0 Å². The fourth-order valence-electron chi connectivity index (χ4n) is 1.22. The second kappa shape index (κ2) is 6.76. The molecular weight excluding hydrogens is 264 g/mol. The van der Waals surface area contributed by atoms with E-state index in [-0.39, 0.29) is 18.1 Å². The minimum Gasteiger partial charge on any atom is -0.410 e. The van der Waals surface area contributed by atoms with E-state index < -0.39 is 12.2 Å². The van der Waals surface area contributed by atoms with Crippen molar-refractivity contribution in [2.45, 2.75) is 6.61 Å². The molecule has 0 saturated heterocycles. The van der Waals surface area contributed by atoms with Crippen molar-refractivity contribution >= 4 is 12.2 Å². The second-order valence-electron chi connectivity index (χ2n) is 4.50. The molecule has 0 aliphatic heterocycles. The summed E-state index contributed by atoms with van der Waals surface area (Å²) in [6.07, 6.45) is -1.13. The highest BCUT2D eigenvalue weighted by Gasteiger charge is 2.12. The number of rotatable bonds is 3. The first-order chi connectivity index (χ1) is 9.33. The average Bonchev–Trinajstić information content (AvgIpc) is 2.37. The zero-order valence-electron chi connectivity index (χ0n) is 11.9. The van der Waals surface area contributed by atoms with Gasteiger partial charge in [-0.1, -0.05) is 0 Å². The molecule has 7 nitrogen and oxygen atoms in total. The van der Waals surface area contributed by atoms with Gasteiger partial charge in [0, 0.05) is 34.3 Å². The number of carbonyl (C=O) groups is 2. The summed E-state index contributed by atoms with van der Waals surface area (Å²) in [5.41, 5.74) is 0.468. The van der Waals surface area contributed by atoms with Crippen LogP contribution in [0.2, 0.25) is 0 Å². The monoisotopic (exact) mass is 282 g/mol. The SMILES string of the molecule is CN(C)C(=O)Oc1cc(CO)cc(OC(=O)N(C)C)c1.